The Balaban J connectivity index is 1.88. The van der Waals surface area contributed by atoms with E-state index in [1.807, 2.05) is 12.1 Å². The number of rotatable bonds is 4. The van der Waals surface area contributed by atoms with E-state index in [0.717, 1.165) is 12.5 Å². The van der Waals surface area contributed by atoms with Crippen molar-refractivity contribution in [3.63, 3.8) is 0 Å². The van der Waals surface area contributed by atoms with Gasteiger partial charge in [-0.05, 0) is 47.9 Å². The van der Waals surface area contributed by atoms with E-state index in [1.165, 1.54) is 0 Å². The van der Waals surface area contributed by atoms with Crippen molar-refractivity contribution >= 4 is 29.2 Å². The molecule has 3 rings (SSSR count). The van der Waals surface area contributed by atoms with Crippen LogP contribution in [0.4, 0.5) is 8.78 Å². The minimum atomic E-state index is -2.77. The predicted octanol–water partition coefficient (Wildman–Crippen LogP) is 4.43. The predicted molar refractivity (Wildman–Crippen MR) is 94.0 cm³/mol. The normalized spacial score (nSPS) is 31.5. The number of aliphatic imine (C=N–C) groups is 1. The smallest absolute Gasteiger partial charge is 0.247 e. The first-order chi connectivity index (χ1) is 11.0. The molecule has 7 heteroatoms. The monoisotopic (exact) mass is 375 g/mol. The zero-order valence-corrected chi connectivity index (χ0v) is 15.3. The molecule has 3 unspecified atom stereocenters. The number of nitrogens with two attached hydrogens (primary N) is 1. The lowest BCUT2D eigenvalue weighted by Crippen LogP contribution is -2.42. The highest BCUT2D eigenvalue weighted by atomic mass is 35.5. The SMILES string of the molecule is CC(F)(F)CC1NC(N)=NC1[C@@H]1C(c2cc(Cl)cc(Cl)c2)C1(C)C. The van der Waals surface area contributed by atoms with Gasteiger partial charge >= 0.3 is 0 Å². The Morgan fingerprint density at radius 1 is 1.25 bits per heavy atom. The van der Waals surface area contributed by atoms with Crippen LogP contribution in [-0.2, 0) is 0 Å². The third kappa shape index (κ3) is 3.33. The number of hydrogen-bond donors (Lipinski definition) is 2. The first-order valence-electron chi connectivity index (χ1n) is 7.92. The van der Waals surface area contributed by atoms with Gasteiger partial charge in [0, 0.05) is 16.5 Å². The van der Waals surface area contributed by atoms with Crippen molar-refractivity contribution in [2.45, 2.75) is 51.1 Å². The maximum atomic E-state index is 13.5. The van der Waals surface area contributed by atoms with Crippen LogP contribution in [0, 0.1) is 11.3 Å². The van der Waals surface area contributed by atoms with Crippen LogP contribution in [0.25, 0.3) is 0 Å². The quantitative estimate of drug-likeness (QED) is 0.817. The van der Waals surface area contributed by atoms with Crippen molar-refractivity contribution in [2.24, 2.45) is 22.1 Å². The first-order valence-corrected chi connectivity index (χ1v) is 8.68. The van der Waals surface area contributed by atoms with Crippen LogP contribution >= 0.6 is 23.2 Å². The van der Waals surface area contributed by atoms with Crippen LogP contribution in [0.5, 0.6) is 0 Å². The second-order valence-corrected chi connectivity index (χ2v) is 8.43. The Labute approximate surface area is 150 Å². The van der Waals surface area contributed by atoms with Gasteiger partial charge < -0.3 is 11.1 Å². The number of nitrogens with one attached hydrogen (secondary N) is 1. The zero-order chi connectivity index (χ0) is 17.9. The minimum Gasteiger partial charge on any atom is -0.370 e. The highest BCUT2D eigenvalue weighted by Crippen LogP contribution is 2.67. The molecule has 3 N–H and O–H groups in total. The second kappa shape index (κ2) is 5.73. The molecule has 0 amide bonds. The molecule has 0 saturated heterocycles. The van der Waals surface area contributed by atoms with Gasteiger partial charge in [-0.25, -0.2) is 13.8 Å². The van der Waals surface area contributed by atoms with Crippen LogP contribution in [-0.4, -0.2) is 24.0 Å². The molecule has 0 aromatic heterocycles. The third-order valence-corrected chi connectivity index (χ3v) is 5.57. The number of alkyl halides is 2. The topological polar surface area (TPSA) is 50.4 Å². The summed E-state index contributed by atoms with van der Waals surface area (Å²) in [5.74, 6) is -2.28. The highest BCUT2D eigenvalue weighted by Gasteiger charge is 2.64. The molecular formula is C17H21Cl2F2N3. The maximum Gasteiger partial charge on any atom is 0.247 e. The van der Waals surface area contributed by atoms with Gasteiger partial charge in [-0.15, -0.1) is 0 Å². The van der Waals surface area contributed by atoms with Gasteiger partial charge in [0.25, 0.3) is 0 Å². The standard InChI is InChI=1S/C17H21Cl2F2N3/c1-16(2)12(8-4-9(18)6-10(19)5-8)13(16)14-11(7-17(3,20)21)23-15(22)24-14/h4-6,11-14H,7H2,1-3H3,(H3,22,23,24)/t11?,12?,13-,14?/m0/s1. The van der Waals surface area contributed by atoms with Gasteiger partial charge in [0.05, 0.1) is 12.1 Å². The van der Waals surface area contributed by atoms with E-state index in [1.54, 1.807) is 6.07 Å². The maximum absolute atomic E-state index is 13.5. The molecule has 2 aliphatic rings. The summed E-state index contributed by atoms with van der Waals surface area (Å²) >= 11 is 12.2. The summed E-state index contributed by atoms with van der Waals surface area (Å²) < 4.78 is 27.0. The van der Waals surface area contributed by atoms with E-state index in [2.05, 4.69) is 24.2 Å². The van der Waals surface area contributed by atoms with Crippen molar-refractivity contribution in [3.8, 4) is 0 Å². The van der Waals surface area contributed by atoms with Crippen molar-refractivity contribution in [1.29, 1.82) is 0 Å². The molecule has 1 aliphatic carbocycles. The molecule has 3 nitrogen and oxygen atoms in total. The fraction of sp³-hybridized carbons (Fsp3) is 0.588. The Bertz CT molecular complexity index is 665. The van der Waals surface area contributed by atoms with Crippen LogP contribution in [0.2, 0.25) is 10.0 Å². The molecule has 1 saturated carbocycles. The van der Waals surface area contributed by atoms with Gasteiger partial charge in [-0.3, -0.25) is 0 Å². The molecule has 0 bridgehead atoms. The van der Waals surface area contributed by atoms with Crippen molar-refractivity contribution in [2.75, 3.05) is 0 Å². The molecular weight excluding hydrogens is 355 g/mol. The van der Waals surface area contributed by atoms with Crippen LogP contribution < -0.4 is 11.1 Å². The summed E-state index contributed by atoms with van der Waals surface area (Å²) in [4.78, 5) is 4.42. The fourth-order valence-electron chi connectivity index (χ4n) is 4.16. The molecule has 0 radical (unpaired) electrons. The van der Waals surface area contributed by atoms with E-state index in [-0.39, 0.29) is 35.7 Å². The Kier molecular flexibility index (Phi) is 4.24. The van der Waals surface area contributed by atoms with Gasteiger partial charge in [-0.2, -0.15) is 0 Å². The fourth-order valence-corrected chi connectivity index (χ4v) is 4.70. The molecule has 1 aromatic carbocycles. The summed E-state index contributed by atoms with van der Waals surface area (Å²) in [6.45, 7) is 5.15. The van der Waals surface area contributed by atoms with Crippen molar-refractivity contribution < 1.29 is 8.78 Å². The van der Waals surface area contributed by atoms with E-state index in [9.17, 15) is 8.78 Å². The first kappa shape index (κ1) is 17.7. The molecule has 1 heterocycles. The lowest BCUT2D eigenvalue weighted by atomic mass is 9.95. The Morgan fingerprint density at radius 2 is 1.83 bits per heavy atom. The average Bonchev–Trinajstić information content (AvgIpc) is 2.77. The van der Waals surface area contributed by atoms with Crippen molar-refractivity contribution in [1.82, 2.24) is 5.32 Å². The Morgan fingerprint density at radius 3 is 2.38 bits per heavy atom. The largest absolute Gasteiger partial charge is 0.370 e. The Hall–Kier alpha value is -1.07. The van der Waals surface area contributed by atoms with Crippen LogP contribution in [0.1, 0.15) is 38.7 Å². The molecule has 0 spiro atoms. The molecule has 132 valence electrons. The van der Waals surface area contributed by atoms with Crippen LogP contribution in [0.15, 0.2) is 23.2 Å². The minimum absolute atomic E-state index is 0.0875. The van der Waals surface area contributed by atoms with Gasteiger partial charge in [-0.1, -0.05) is 37.0 Å². The lowest BCUT2D eigenvalue weighted by Gasteiger charge is -2.22. The highest BCUT2D eigenvalue weighted by molar-refractivity contribution is 6.34. The van der Waals surface area contributed by atoms with E-state index in [4.69, 9.17) is 28.9 Å². The average molecular weight is 376 g/mol. The molecule has 4 atom stereocenters. The second-order valence-electron chi connectivity index (χ2n) is 7.56. The van der Waals surface area contributed by atoms with E-state index < -0.39 is 12.0 Å². The zero-order valence-electron chi connectivity index (χ0n) is 13.8. The third-order valence-electron chi connectivity index (χ3n) is 5.13. The molecule has 1 fully saturated rings. The van der Waals surface area contributed by atoms with Gasteiger partial charge in [0.1, 0.15) is 0 Å². The summed E-state index contributed by atoms with van der Waals surface area (Å²) in [6, 6.07) is 4.71. The molecule has 1 aliphatic heterocycles. The van der Waals surface area contributed by atoms with Gasteiger partial charge in [0.15, 0.2) is 5.96 Å². The summed E-state index contributed by atoms with van der Waals surface area (Å²) in [5.41, 5.74) is 6.70. The number of guanidine groups is 1. The van der Waals surface area contributed by atoms with Crippen LogP contribution in [0.3, 0.4) is 0 Å². The summed E-state index contributed by atoms with van der Waals surface area (Å²) in [5, 5.41) is 4.05. The van der Waals surface area contributed by atoms with E-state index in [0.29, 0.717) is 10.0 Å². The van der Waals surface area contributed by atoms with Gasteiger partial charge in [0.2, 0.25) is 5.92 Å². The summed E-state index contributed by atoms with van der Waals surface area (Å²) in [6.07, 6.45) is -0.294. The number of hydrogen-bond acceptors (Lipinski definition) is 3. The number of benzene rings is 1. The van der Waals surface area contributed by atoms with E-state index >= 15 is 0 Å². The van der Waals surface area contributed by atoms with Crippen molar-refractivity contribution in [3.05, 3.63) is 33.8 Å². The number of halogens is 4. The lowest BCUT2D eigenvalue weighted by molar-refractivity contribution is 0.00218. The summed E-state index contributed by atoms with van der Waals surface area (Å²) in [7, 11) is 0. The molecule has 1 aromatic rings. The number of nitrogens with zero attached hydrogens (tertiary/aromatic N) is 1. The molecule has 24 heavy (non-hydrogen) atoms.